The number of carbonyl (C=O) groups excluding carboxylic acids is 2. The monoisotopic (exact) mass is 337 g/mol. The summed E-state index contributed by atoms with van der Waals surface area (Å²) in [6.07, 6.45) is 2.21. The molecule has 1 aliphatic rings. The molecule has 0 radical (unpaired) electrons. The minimum Gasteiger partial charge on any atom is -0.341 e. The van der Waals surface area contributed by atoms with Crippen LogP contribution in [-0.2, 0) is 4.79 Å². The van der Waals surface area contributed by atoms with Crippen molar-refractivity contribution in [3.05, 3.63) is 34.9 Å². The van der Waals surface area contributed by atoms with Crippen LogP contribution in [0.15, 0.2) is 24.3 Å². The van der Waals surface area contributed by atoms with Gasteiger partial charge in [-0.15, -0.1) is 0 Å². The molecule has 1 aromatic carbocycles. The maximum atomic E-state index is 12.5. The minimum atomic E-state index is -0.0167. The Morgan fingerprint density at radius 1 is 1.17 bits per heavy atom. The van der Waals surface area contributed by atoms with Crippen molar-refractivity contribution in [1.82, 2.24) is 15.1 Å². The van der Waals surface area contributed by atoms with Crippen LogP contribution in [0, 0.1) is 0 Å². The quantitative estimate of drug-likeness (QED) is 0.836. The molecule has 0 spiro atoms. The maximum absolute atomic E-state index is 12.5. The lowest BCUT2D eigenvalue weighted by Crippen LogP contribution is -2.37. The first-order chi connectivity index (χ1) is 11.1. The van der Waals surface area contributed by atoms with Crippen molar-refractivity contribution in [1.29, 1.82) is 0 Å². The van der Waals surface area contributed by atoms with Crippen LogP contribution in [-0.4, -0.2) is 61.4 Å². The summed E-state index contributed by atoms with van der Waals surface area (Å²) in [6.45, 7) is 3.41. The van der Waals surface area contributed by atoms with E-state index in [1.54, 1.807) is 24.3 Å². The molecule has 1 saturated heterocycles. The summed E-state index contributed by atoms with van der Waals surface area (Å²) >= 11 is 5.96. The molecule has 1 aliphatic heterocycles. The van der Waals surface area contributed by atoms with E-state index in [0.717, 1.165) is 25.9 Å². The third-order valence-electron chi connectivity index (χ3n) is 4.02. The summed E-state index contributed by atoms with van der Waals surface area (Å²) in [5.74, 6) is 0.161. The largest absolute Gasteiger partial charge is 0.341 e. The molecule has 23 heavy (non-hydrogen) atoms. The molecule has 0 saturated carbocycles. The molecule has 1 heterocycles. The maximum Gasteiger partial charge on any atom is 0.253 e. The van der Waals surface area contributed by atoms with Crippen LogP contribution in [0.5, 0.6) is 0 Å². The first kappa shape index (κ1) is 17.8. The first-order valence-corrected chi connectivity index (χ1v) is 8.47. The van der Waals surface area contributed by atoms with Gasteiger partial charge in [0, 0.05) is 43.2 Å². The average Bonchev–Trinajstić information content (AvgIpc) is 2.80. The van der Waals surface area contributed by atoms with Gasteiger partial charge >= 0.3 is 0 Å². The highest BCUT2D eigenvalue weighted by Gasteiger charge is 2.22. The van der Waals surface area contributed by atoms with Gasteiger partial charge in [0.15, 0.2) is 0 Å². The Kier molecular flexibility index (Phi) is 6.86. The molecule has 0 unspecified atom stereocenters. The standard InChI is InChI=1S/C17H24ClN3O2/c1-19-8-3-7-16(22)20-9-4-10-21(12-11-20)17(23)14-5-2-6-15(18)13-14/h2,5-6,13,19H,3-4,7-12H2,1H3. The molecule has 126 valence electrons. The molecular formula is C17H24ClN3O2. The van der Waals surface area contributed by atoms with E-state index in [1.165, 1.54) is 0 Å². The molecule has 1 N–H and O–H groups in total. The zero-order chi connectivity index (χ0) is 16.7. The van der Waals surface area contributed by atoms with Crippen LogP contribution in [0.1, 0.15) is 29.6 Å². The Labute approximate surface area is 142 Å². The van der Waals surface area contributed by atoms with Gasteiger partial charge in [-0.25, -0.2) is 0 Å². The van der Waals surface area contributed by atoms with Crippen molar-refractivity contribution in [2.75, 3.05) is 39.8 Å². The van der Waals surface area contributed by atoms with Gasteiger partial charge in [-0.2, -0.15) is 0 Å². The molecule has 5 nitrogen and oxygen atoms in total. The van der Waals surface area contributed by atoms with E-state index < -0.39 is 0 Å². The SMILES string of the molecule is CNCCCC(=O)N1CCCN(C(=O)c2cccc(Cl)c2)CC1. The fourth-order valence-electron chi connectivity index (χ4n) is 2.75. The predicted molar refractivity (Wildman–Crippen MR) is 91.7 cm³/mol. The third kappa shape index (κ3) is 5.22. The topological polar surface area (TPSA) is 52.7 Å². The van der Waals surface area contributed by atoms with E-state index in [1.807, 2.05) is 16.8 Å². The Hall–Kier alpha value is -1.59. The second-order valence-electron chi connectivity index (χ2n) is 5.74. The minimum absolute atomic E-state index is 0.0167. The average molecular weight is 338 g/mol. The summed E-state index contributed by atoms with van der Waals surface area (Å²) < 4.78 is 0. The summed E-state index contributed by atoms with van der Waals surface area (Å²) in [4.78, 5) is 28.4. The molecular weight excluding hydrogens is 314 g/mol. The molecule has 0 aromatic heterocycles. The van der Waals surface area contributed by atoms with Crippen LogP contribution in [0.3, 0.4) is 0 Å². The number of carbonyl (C=O) groups is 2. The number of nitrogens with zero attached hydrogens (tertiary/aromatic N) is 2. The molecule has 0 aliphatic carbocycles. The van der Waals surface area contributed by atoms with E-state index in [0.29, 0.717) is 36.6 Å². The normalized spacial score (nSPS) is 15.4. The van der Waals surface area contributed by atoms with Crippen LogP contribution in [0.4, 0.5) is 0 Å². The number of hydrogen-bond donors (Lipinski definition) is 1. The Morgan fingerprint density at radius 3 is 2.65 bits per heavy atom. The molecule has 6 heteroatoms. The van der Waals surface area contributed by atoms with Crippen molar-refractivity contribution >= 4 is 23.4 Å². The van der Waals surface area contributed by atoms with Crippen LogP contribution in [0.2, 0.25) is 5.02 Å². The lowest BCUT2D eigenvalue weighted by Gasteiger charge is -2.22. The number of halogens is 1. The van der Waals surface area contributed by atoms with Crippen LogP contribution >= 0.6 is 11.6 Å². The van der Waals surface area contributed by atoms with Crippen molar-refractivity contribution in [2.45, 2.75) is 19.3 Å². The van der Waals surface area contributed by atoms with E-state index in [9.17, 15) is 9.59 Å². The second kappa shape index (κ2) is 8.89. The summed E-state index contributed by atoms with van der Waals surface area (Å²) in [6, 6.07) is 7.01. The second-order valence-corrected chi connectivity index (χ2v) is 6.18. The summed E-state index contributed by atoms with van der Waals surface area (Å²) in [5, 5.41) is 3.61. The van der Waals surface area contributed by atoms with Gasteiger partial charge in [0.05, 0.1) is 0 Å². The highest BCUT2D eigenvalue weighted by molar-refractivity contribution is 6.30. The van der Waals surface area contributed by atoms with Crippen molar-refractivity contribution < 1.29 is 9.59 Å². The van der Waals surface area contributed by atoms with Crippen LogP contribution in [0.25, 0.3) is 0 Å². The van der Waals surface area contributed by atoms with E-state index in [4.69, 9.17) is 11.6 Å². The lowest BCUT2D eigenvalue weighted by molar-refractivity contribution is -0.131. The van der Waals surface area contributed by atoms with E-state index in [2.05, 4.69) is 5.32 Å². The van der Waals surface area contributed by atoms with Gasteiger partial charge in [-0.3, -0.25) is 9.59 Å². The predicted octanol–water partition coefficient (Wildman–Crippen LogP) is 2.01. The van der Waals surface area contributed by atoms with Gasteiger partial charge in [0.1, 0.15) is 0 Å². The molecule has 0 atom stereocenters. The number of amides is 2. The van der Waals surface area contributed by atoms with Gasteiger partial charge in [0.2, 0.25) is 5.91 Å². The number of benzene rings is 1. The van der Waals surface area contributed by atoms with Gasteiger partial charge < -0.3 is 15.1 Å². The van der Waals surface area contributed by atoms with Crippen molar-refractivity contribution in [2.24, 2.45) is 0 Å². The molecule has 0 bridgehead atoms. The fourth-order valence-corrected chi connectivity index (χ4v) is 2.94. The smallest absolute Gasteiger partial charge is 0.253 e. The zero-order valence-electron chi connectivity index (χ0n) is 13.6. The summed E-state index contributed by atoms with van der Waals surface area (Å²) in [5.41, 5.74) is 0.603. The molecule has 2 rings (SSSR count). The summed E-state index contributed by atoms with van der Waals surface area (Å²) in [7, 11) is 1.88. The number of hydrogen-bond acceptors (Lipinski definition) is 3. The Morgan fingerprint density at radius 2 is 1.91 bits per heavy atom. The van der Waals surface area contributed by atoms with E-state index >= 15 is 0 Å². The van der Waals surface area contributed by atoms with Crippen molar-refractivity contribution in [3.8, 4) is 0 Å². The molecule has 1 aromatic rings. The first-order valence-electron chi connectivity index (χ1n) is 8.09. The van der Waals surface area contributed by atoms with Gasteiger partial charge in [0.25, 0.3) is 5.91 Å². The van der Waals surface area contributed by atoms with E-state index in [-0.39, 0.29) is 11.8 Å². The number of rotatable bonds is 5. The highest BCUT2D eigenvalue weighted by atomic mass is 35.5. The van der Waals surface area contributed by atoms with Crippen LogP contribution < -0.4 is 5.32 Å². The van der Waals surface area contributed by atoms with Gasteiger partial charge in [-0.1, -0.05) is 17.7 Å². The zero-order valence-corrected chi connectivity index (χ0v) is 14.3. The van der Waals surface area contributed by atoms with Crippen molar-refractivity contribution in [3.63, 3.8) is 0 Å². The van der Waals surface area contributed by atoms with Gasteiger partial charge in [-0.05, 0) is 44.6 Å². The molecule has 1 fully saturated rings. The number of nitrogens with one attached hydrogen (secondary N) is 1. The fraction of sp³-hybridized carbons (Fsp3) is 0.529. The Balaban J connectivity index is 1.90. The highest BCUT2D eigenvalue weighted by Crippen LogP contribution is 2.14. The third-order valence-corrected chi connectivity index (χ3v) is 4.26. The molecule has 2 amide bonds. The lowest BCUT2D eigenvalue weighted by atomic mass is 10.2. The Bertz CT molecular complexity index is 550.